The van der Waals surface area contributed by atoms with Crippen molar-refractivity contribution in [3.05, 3.63) is 76.0 Å². The Balaban J connectivity index is 1.42. The number of benzene rings is 2. The van der Waals surface area contributed by atoms with E-state index in [0.717, 1.165) is 26.8 Å². The van der Waals surface area contributed by atoms with Gasteiger partial charge in [0.1, 0.15) is 13.2 Å². The Bertz CT molecular complexity index is 939. The van der Waals surface area contributed by atoms with E-state index in [4.69, 9.17) is 9.47 Å². The monoisotopic (exact) mass is 411 g/mol. The maximum Gasteiger partial charge on any atom is 0.231 e. The molecule has 0 radical (unpaired) electrons. The summed E-state index contributed by atoms with van der Waals surface area (Å²) in [6, 6.07) is 18.0. The number of hydrogen-bond donors (Lipinski definition) is 1. The molecule has 144 valence electrons. The van der Waals surface area contributed by atoms with Gasteiger partial charge in [-0.15, -0.1) is 23.1 Å². The number of aryl methyl sites for hydroxylation is 1. The molecule has 4 nitrogen and oxygen atoms in total. The molecule has 1 aromatic heterocycles. The number of ether oxygens (including phenoxy) is 2. The van der Waals surface area contributed by atoms with Crippen molar-refractivity contribution in [3.63, 3.8) is 0 Å². The highest BCUT2D eigenvalue weighted by Crippen LogP contribution is 2.34. The van der Waals surface area contributed by atoms with Crippen LogP contribution >= 0.6 is 23.1 Å². The lowest BCUT2D eigenvalue weighted by molar-refractivity contribution is -0.119. The number of amides is 1. The average Bonchev–Trinajstić information content (AvgIpc) is 3.26. The van der Waals surface area contributed by atoms with Gasteiger partial charge in [-0.25, -0.2) is 0 Å². The standard InChI is InChI=1S/C22H21NO3S2/c1-15-4-6-16(7-5-15)22(20-3-2-12-27-20)23-21(24)14-28-17-8-9-18-19(13-17)26-11-10-25-18/h2-9,12-13,22H,10-11,14H2,1H3,(H,23,24). The number of nitrogens with one attached hydrogen (secondary N) is 1. The summed E-state index contributed by atoms with van der Waals surface area (Å²) in [6.45, 7) is 3.19. The van der Waals surface area contributed by atoms with E-state index in [1.54, 1.807) is 11.3 Å². The normalized spacial score (nSPS) is 13.8. The quantitative estimate of drug-likeness (QED) is 0.591. The number of thiophene rings is 1. The summed E-state index contributed by atoms with van der Waals surface area (Å²) in [5, 5.41) is 5.22. The van der Waals surface area contributed by atoms with Crippen LogP contribution in [0.4, 0.5) is 0 Å². The third-order valence-corrected chi connectivity index (χ3v) is 6.36. The second-order valence-corrected chi connectivity index (χ2v) is 8.55. The van der Waals surface area contributed by atoms with E-state index in [9.17, 15) is 4.79 Å². The fourth-order valence-electron chi connectivity index (χ4n) is 3.00. The van der Waals surface area contributed by atoms with Crippen molar-refractivity contribution in [2.45, 2.75) is 17.9 Å². The van der Waals surface area contributed by atoms with Crippen molar-refractivity contribution in [1.29, 1.82) is 0 Å². The Morgan fingerprint density at radius 2 is 1.89 bits per heavy atom. The molecule has 2 heterocycles. The second-order valence-electron chi connectivity index (χ2n) is 6.52. The Labute approximate surface area is 172 Å². The third-order valence-electron chi connectivity index (χ3n) is 4.43. The highest BCUT2D eigenvalue weighted by Gasteiger charge is 2.18. The van der Waals surface area contributed by atoms with Gasteiger partial charge in [-0.05, 0) is 42.1 Å². The highest BCUT2D eigenvalue weighted by atomic mass is 32.2. The van der Waals surface area contributed by atoms with Crippen LogP contribution in [0.15, 0.2) is 64.9 Å². The van der Waals surface area contributed by atoms with Crippen molar-refractivity contribution in [3.8, 4) is 11.5 Å². The van der Waals surface area contributed by atoms with E-state index in [1.165, 1.54) is 17.3 Å². The zero-order valence-electron chi connectivity index (χ0n) is 15.5. The average molecular weight is 412 g/mol. The van der Waals surface area contributed by atoms with Gasteiger partial charge in [-0.2, -0.15) is 0 Å². The van der Waals surface area contributed by atoms with Crippen LogP contribution < -0.4 is 14.8 Å². The van der Waals surface area contributed by atoms with E-state index in [1.807, 2.05) is 29.6 Å². The molecule has 0 saturated carbocycles. The maximum absolute atomic E-state index is 12.7. The third kappa shape index (κ3) is 4.51. The first kappa shape index (κ1) is 18.9. The van der Waals surface area contributed by atoms with Crippen LogP contribution in [-0.2, 0) is 4.79 Å². The van der Waals surface area contributed by atoms with Crippen molar-refractivity contribution >= 4 is 29.0 Å². The summed E-state index contributed by atoms with van der Waals surface area (Å²) in [5.74, 6) is 1.84. The number of thioether (sulfide) groups is 1. The van der Waals surface area contributed by atoms with Gasteiger partial charge in [0.2, 0.25) is 5.91 Å². The summed E-state index contributed by atoms with van der Waals surface area (Å²) < 4.78 is 11.2. The minimum absolute atomic E-state index is 0.00105. The summed E-state index contributed by atoms with van der Waals surface area (Å²) >= 11 is 3.14. The van der Waals surface area contributed by atoms with E-state index < -0.39 is 0 Å². The topological polar surface area (TPSA) is 47.6 Å². The summed E-state index contributed by atoms with van der Waals surface area (Å²) in [6.07, 6.45) is 0. The maximum atomic E-state index is 12.7. The van der Waals surface area contributed by atoms with Gasteiger partial charge in [-0.1, -0.05) is 35.9 Å². The van der Waals surface area contributed by atoms with Crippen molar-refractivity contribution in [2.24, 2.45) is 0 Å². The van der Waals surface area contributed by atoms with Gasteiger partial charge < -0.3 is 14.8 Å². The predicted octanol–water partition coefficient (Wildman–Crippen LogP) is 4.83. The molecular formula is C22H21NO3S2. The minimum atomic E-state index is -0.131. The summed E-state index contributed by atoms with van der Waals surface area (Å²) in [4.78, 5) is 14.8. The van der Waals surface area contributed by atoms with Crippen LogP contribution in [0.3, 0.4) is 0 Å². The molecule has 4 rings (SSSR count). The Morgan fingerprint density at radius 1 is 1.11 bits per heavy atom. The Morgan fingerprint density at radius 3 is 2.64 bits per heavy atom. The summed E-state index contributed by atoms with van der Waals surface area (Å²) in [7, 11) is 0. The van der Waals surface area contributed by atoms with Crippen molar-refractivity contribution in [2.75, 3.05) is 19.0 Å². The van der Waals surface area contributed by atoms with Crippen molar-refractivity contribution < 1.29 is 14.3 Å². The number of fused-ring (bicyclic) bond motifs is 1. The van der Waals surface area contributed by atoms with Crippen LogP contribution in [0.5, 0.6) is 11.5 Å². The predicted molar refractivity (Wildman–Crippen MR) is 114 cm³/mol. The fraction of sp³-hybridized carbons (Fsp3) is 0.227. The number of hydrogen-bond acceptors (Lipinski definition) is 5. The number of carbonyl (C=O) groups excluding carboxylic acids is 1. The van der Waals surface area contributed by atoms with Gasteiger partial charge in [0.15, 0.2) is 11.5 Å². The van der Waals surface area contributed by atoms with Crippen molar-refractivity contribution in [1.82, 2.24) is 5.32 Å². The first-order valence-electron chi connectivity index (χ1n) is 9.11. The van der Waals surface area contributed by atoms with E-state index in [-0.39, 0.29) is 11.9 Å². The Kier molecular flexibility index (Phi) is 5.88. The van der Waals surface area contributed by atoms with E-state index in [0.29, 0.717) is 19.0 Å². The molecule has 0 bridgehead atoms. The van der Waals surface area contributed by atoms with Crippen LogP contribution in [-0.4, -0.2) is 24.9 Å². The molecule has 1 amide bonds. The molecule has 1 N–H and O–H groups in total. The largest absolute Gasteiger partial charge is 0.486 e. The number of rotatable bonds is 6. The SMILES string of the molecule is Cc1ccc(C(NC(=O)CSc2ccc3c(c2)OCCO3)c2cccs2)cc1. The molecule has 0 spiro atoms. The number of carbonyl (C=O) groups is 1. The van der Waals surface area contributed by atoms with Crippen LogP contribution in [0, 0.1) is 6.92 Å². The molecule has 0 saturated heterocycles. The molecule has 6 heteroatoms. The molecule has 28 heavy (non-hydrogen) atoms. The minimum Gasteiger partial charge on any atom is -0.486 e. The molecule has 1 aliphatic heterocycles. The molecular weight excluding hydrogens is 390 g/mol. The molecule has 1 unspecified atom stereocenters. The van der Waals surface area contributed by atoms with Gasteiger partial charge in [0.05, 0.1) is 11.8 Å². The van der Waals surface area contributed by atoms with E-state index in [2.05, 4.69) is 42.6 Å². The van der Waals surface area contributed by atoms with Crippen LogP contribution in [0.25, 0.3) is 0 Å². The van der Waals surface area contributed by atoms with Gasteiger partial charge >= 0.3 is 0 Å². The molecule has 1 atom stereocenters. The molecule has 3 aromatic rings. The second kappa shape index (κ2) is 8.71. The first-order chi connectivity index (χ1) is 13.7. The van der Waals surface area contributed by atoms with Gasteiger partial charge in [0.25, 0.3) is 0 Å². The lowest BCUT2D eigenvalue weighted by Gasteiger charge is -2.19. The van der Waals surface area contributed by atoms with Crippen LogP contribution in [0.1, 0.15) is 22.0 Å². The fourth-order valence-corrected chi connectivity index (χ4v) is 4.54. The Hall–Kier alpha value is -2.44. The lowest BCUT2D eigenvalue weighted by atomic mass is 10.0. The molecule has 2 aromatic carbocycles. The zero-order chi connectivity index (χ0) is 19.3. The highest BCUT2D eigenvalue weighted by molar-refractivity contribution is 8.00. The zero-order valence-corrected chi connectivity index (χ0v) is 17.1. The van der Waals surface area contributed by atoms with Crippen LogP contribution in [0.2, 0.25) is 0 Å². The summed E-state index contributed by atoms with van der Waals surface area (Å²) in [5.41, 5.74) is 2.29. The van der Waals surface area contributed by atoms with Gasteiger partial charge in [-0.3, -0.25) is 4.79 Å². The first-order valence-corrected chi connectivity index (χ1v) is 11.0. The van der Waals surface area contributed by atoms with Gasteiger partial charge in [0, 0.05) is 9.77 Å². The molecule has 0 fully saturated rings. The van der Waals surface area contributed by atoms with E-state index >= 15 is 0 Å². The molecule has 1 aliphatic rings. The molecule has 0 aliphatic carbocycles. The lowest BCUT2D eigenvalue weighted by Crippen LogP contribution is -2.30. The smallest absolute Gasteiger partial charge is 0.231 e.